The molecule has 2 aromatic rings. The Labute approximate surface area is 143 Å². The van der Waals surface area contributed by atoms with Gasteiger partial charge in [0, 0.05) is 31.7 Å². The predicted octanol–water partition coefficient (Wildman–Crippen LogP) is 3.80. The van der Waals surface area contributed by atoms with Crippen molar-refractivity contribution in [3.63, 3.8) is 0 Å². The molecule has 1 N–H and O–H groups in total. The minimum Gasteiger partial charge on any atom is -0.383 e. The summed E-state index contributed by atoms with van der Waals surface area (Å²) in [4.78, 5) is 6.33. The minimum atomic E-state index is 0.114. The normalized spacial score (nSPS) is 11.8. The molecule has 1 aromatic carbocycles. The van der Waals surface area contributed by atoms with E-state index in [1.165, 1.54) is 0 Å². The number of pyridine rings is 1. The van der Waals surface area contributed by atoms with Crippen molar-refractivity contribution >= 4 is 23.0 Å². The van der Waals surface area contributed by atoms with Crippen LogP contribution in [-0.2, 0) is 4.74 Å². The number of hydrogen-bond acceptors (Lipinski definition) is 3. The fourth-order valence-electron chi connectivity index (χ4n) is 2.36. The molecule has 0 unspecified atom stereocenters. The van der Waals surface area contributed by atoms with E-state index in [0.29, 0.717) is 18.3 Å². The molecule has 4 nitrogen and oxygen atoms in total. The van der Waals surface area contributed by atoms with Crippen LogP contribution in [0.25, 0.3) is 0 Å². The molecule has 0 aliphatic heterocycles. The number of aromatic nitrogens is 1. The number of hydrogen-bond donors (Lipinski definition) is 1. The average molecular weight is 329 g/mol. The summed E-state index contributed by atoms with van der Waals surface area (Å²) in [5.74, 6) is 0. The van der Waals surface area contributed by atoms with E-state index in [4.69, 9.17) is 17.0 Å². The number of para-hydroxylation sites is 1. The largest absolute Gasteiger partial charge is 0.383 e. The lowest BCUT2D eigenvalue weighted by atomic mass is 10.1. The first-order chi connectivity index (χ1) is 11.1. The number of nitrogens with zero attached hydrogens (tertiary/aromatic N) is 2. The van der Waals surface area contributed by atoms with Crippen molar-refractivity contribution in [3.05, 3.63) is 59.9 Å². The van der Waals surface area contributed by atoms with Gasteiger partial charge in [-0.1, -0.05) is 24.3 Å². The number of thiocarbonyl (C=S) groups is 1. The van der Waals surface area contributed by atoms with Gasteiger partial charge in [-0.15, -0.1) is 0 Å². The first kappa shape index (κ1) is 17.4. The maximum Gasteiger partial charge on any atom is 0.174 e. The number of rotatable bonds is 6. The molecule has 2 rings (SSSR count). The predicted molar refractivity (Wildman–Crippen MR) is 98.6 cm³/mol. The van der Waals surface area contributed by atoms with Crippen LogP contribution in [0.4, 0.5) is 5.69 Å². The molecule has 1 atom stereocenters. The van der Waals surface area contributed by atoms with E-state index in [1.54, 1.807) is 13.3 Å². The number of nitrogens with one attached hydrogen (secondary N) is 1. The fourth-order valence-corrected chi connectivity index (χ4v) is 2.72. The van der Waals surface area contributed by atoms with Gasteiger partial charge >= 0.3 is 0 Å². The van der Waals surface area contributed by atoms with Gasteiger partial charge in [0.25, 0.3) is 0 Å². The number of benzene rings is 1. The third kappa shape index (κ3) is 4.74. The summed E-state index contributed by atoms with van der Waals surface area (Å²) in [6, 6.07) is 12.2. The molecule has 0 spiro atoms. The van der Waals surface area contributed by atoms with Crippen molar-refractivity contribution in [2.24, 2.45) is 0 Å². The van der Waals surface area contributed by atoms with Crippen molar-refractivity contribution in [1.29, 1.82) is 0 Å². The molecule has 23 heavy (non-hydrogen) atoms. The summed E-state index contributed by atoms with van der Waals surface area (Å²) in [7, 11) is 1.70. The fraction of sp³-hybridized carbons (Fsp3) is 0.333. The standard InChI is InChI=1S/C18H23N3OS/c1-14-7-4-5-9-17(14)20-18(23)21(11-12-22-3)15(2)16-8-6-10-19-13-16/h4-10,13,15H,11-12H2,1-3H3,(H,20,23)/t15-/m0/s1. The SMILES string of the molecule is COCCN(C(=S)Nc1ccccc1C)[C@@H](C)c1cccnc1. The molecular formula is C18H23N3OS. The Morgan fingerprint density at radius 2 is 2.09 bits per heavy atom. The van der Waals surface area contributed by atoms with Crippen molar-refractivity contribution < 1.29 is 4.74 Å². The van der Waals surface area contributed by atoms with E-state index in [2.05, 4.69) is 41.2 Å². The van der Waals surface area contributed by atoms with E-state index in [9.17, 15) is 0 Å². The number of aryl methyl sites for hydroxylation is 1. The van der Waals surface area contributed by atoms with Gasteiger partial charge in [-0.3, -0.25) is 4.98 Å². The second-order valence-corrected chi connectivity index (χ2v) is 5.78. The molecule has 122 valence electrons. The van der Waals surface area contributed by atoms with Crippen LogP contribution in [-0.4, -0.2) is 35.3 Å². The quantitative estimate of drug-likeness (QED) is 0.816. The van der Waals surface area contributed by atoms with E-state index >= 15 is 0 Å². The molecular weight excluding hydrogens is 306 g/mol. The van der Waals surface area contributed by atoms with Gasteiger partial charge in [0.15, 0.2) is 5.11 Å². The second-order valence-electron chi connectivity index (χ2n) is 5.39. The van der Waals surface area contributed by atoms with E-state index < -0.39 is 0 Å². The Morgan fingerprint density at radius 3 is 2.74 bits per heavy atom. The van der Waals surface area contributed by atoms with E-state index in [-0.39, 0.29) is 6.04 Å². The molecule has 0 saturated carbocycles. The zero-order valence-corrected chi connectivity index (χ0v) is 14.6. The lowest BCUT2D eigenvalue weighted by Crippen LogP contribution is -2.39. The first-order valence-corrected chi connectivity index (χ1v) is 8.06. The first-order valence-electron chi connectivity index (χ1n) is 7.65. The summed E-state index contributed by atoms with van der Waals surface area (Å²) in [5.41, 5.74) is 3.31. The Kier molecular flexibility index (Phi) is 6.50. The molecule has 0 saturated heterocycles. The third-order valence-electron chi connectivity index (χ3n) is 3.82. The highest BCUT2D eigenvalue weighted by atomic mass is 32.1. The Morgan fingerprint density at radius 1 is 1.30 bits per heavy atom. The maximum atomic E-state index is 5.65. The molecule has 5 heteroatoms. The Hall–Kier alpha value is -1.98. The van der Waals surface area contributed by atoms with Crippen LogP contribution in [0, 0.1) is 6.92 Å². The van der Waals surface area contributed by atoms with Crippen LogP contribution >= 0.6 is 12.2 Å². The lowest BCUT2D eigenvalue weighted by molar-refractivity contribution is 0.165. The molecule has 0 radical (unpaired) electrons. The summed E-state index contributed by atoms with van der Waals surface area (Å²) >= 11 is 5.65. The topological polar surface area (TPSA) is 37.4 Å². The van der Waals surface area contributed by atoms with Gasteiger partial charge in [0.1, 0.15) is 0 Å². The zero-order chi connectivity index (χ0) is 16.7. The van der Waals surface area contributed by atoms with Gasteiger partial charge in [-0.05, 0) is 49.3 Å². The average Bonchev–Trinajstić information content (AvgIpc) is 2.58. The van der Waals surface area contributed by atoms with E-state index in [0.717, 1.165) is 16.8 Å². The summed E-state index contributed by atoms with van der Waals surface area (Å²) in [6.45, 7) is 5.51. The smallest absolute Gasteiger partial charge is 0.174 e. The van der Waals surface area contributed by atoms with Crippen molar-refractivity contribution in [2.45, 2.75) is 19.9 Å². The van der Waals surface area contributed by atoms with Crippen LogP contribution in [0.15, 0.2) is 48.8 Å². The van der Waals surface area contributed by atoms with Crippen molar-refractivity contribution in [1.82, 2.24) is 9.88 Å². The number of ether oxygens (including phenoxy) is 1. The summed E-state index contributed by atoms with van der Waals surface area (Å²) in [5, 5.41) is 4.04. The summed E-state index contributed by atoms with van der Waals surface area (Å²) in [6.07, 6.45) is 3.65. The molecule has 1 heterocycles. The molecule has 0 amide bonds. The lowest BCUT2D eigenvalue weighted by Gasteiger charge is -2.32. The second kappa shape index (κ2) is 8.60. The van der Waals surface area contributed by atoms with Gasteiger partial charge < -0.3 is 15.0 Å². The van der Waals surface area contributed by atoms with Gasteiger partial charge in [-0.2, -0.15) is 0 Å². The monoisotopic (exact) mass is 329 g/mol. The Bertz CT molecular complexity index is 633. The number of methoxy groups -OCH3 is 1. The van der Waals surface area contributed by atoms with Gasteiger partial charge in [0.2, 0.25) is 0 Å². The van der Waals surface area contributed by atoms with Gasteiger partial charge in [-0.25, -0.2) is 0 Å². The highest BCUT2D eigenvalue weighted by Crippen LogP contribution is 2.21. The van der Waals surface area contributed by atoms with Crippen LogP contribution in [0.5, 0.6) is 0 Å². The molecule has 0 aliphatic rings. The maximum absolute atomic E-state index is 5.65. The minimum absolute atomic E-state index is 0.114. The third-order valence-corrected chi connectivity index (χ3v) is 4.15. The molecule has 1 aromatic heterocycles. The zero-order valence-electron chi connectivity index (χ0n) is 13.8. The summed E-state index contributed by atoms with van der Waals surface area (Å²) < 4.78 is 5.24. The van der Waals surface area contributed by atoms with Crippen LogP contribution in [0.3, 0.4) is 0 Å². The van der Waals surface area contributed by atoms with Gasteiger partial charge in [0.05, 0.1) is 12.6 Å². The Balaban J connectivity index is 2.17. The highest BCUT2D eigenvalue weighted by Gasteiger charge is 2.19. The molecule has 0 aliphatic carbocycles. The number of anilines is 1. The van der Waals surface area contributed by atoms with Crippen LogP contribution < -0.4 is 5.32 Å². The van der Waals surface area contributed by atoms with Crippen molar-refractivity contribution in [2.75, 3.05) is 25.6 Å². The molecule has 0 bridgehead atoms. The van der Waals surface area contributed by atoms with Crippen molar-refractivity contribution in [3.8, 4) is 0 Å². The van der Waals surface area contributed by atoms with Crippen LogP contribution in [0.1, 0.15) is 24.1 Å². The molecule has 0 fully saturated rings. The van der Waals surface area contributed by atoms with E-state index in [1.807, 2.05) is 30.5 Å². The highest BCUT2D eigenvalue weighted by molar-refractivity contribution is 7.80. The van der Waals surface area contributed by atoms with Crippen LogP contribution in [0.2, 0.25) is 0 Å².